The number of thiazole rings is 1. The number of nitrogens with zero attached hydrogens (tertiary/aromatic N) is 3. The van der Waals surface area contributed by atoms with Gasteiger partial charge in [0.15, 0.2) is 0 Å². The molecule has 0 aliphatic carbocycles. The molecule has 20 heavy (non-hydrogen) atoms. The van der Waals surface area contributed by atoms with Crippen molar-refractivity contribution in [2.24, 2.45) is 7.05 Å². The van der Waals surface area contributed by atoms with Gasteiger partial charge in [-0.2, -0.15) is 5.10 Å². The molecule has 0 aliphatic rings. The van der Waals surface area contributed by atoms with E-state index in [9.17, 15) is 4.79 Å². The summed E-state index contributed by atoms with van der Waals surface area (Å²) >= 11 is 1.47. The van der Waals surface area contributed by atoms with Gasteiger partial charge in [-0.05, 0) is 13.8 Å². The average molecular weight is 295 g/mol. The Labute approximate surface area is 121 Å². The fraction of sp³-hybridized carbons (Fsp3) is 0.462. The van der Waals surface area contributed by atoms with Crippen molar-refractivity contribution < 1.29 is 14.3 Å². The van der Waals surface area contributed by atoms with Gasteiger partial charge >= 0.3 is 5.97 Å². The fourth-order valence-corrected chi connectivity index (χ4v) is 2.89. The molecule has 6 nitrogen and oxygen atoms in total. The van der Waals surface area contributed by atoms with Crippen LogP contribution in [0.2, 0.25) is 0 Å². The molecule has 0 aliphatic heterocycles. The lowest BCUT2D eigenvalue weighted by molar-refractivity contribution is -0.142. The maximum atomic E-state index is 11.5. The van der Waals surface area contributed by atoms with Gasteiger partial charge in [0, 0.05) is 12.4 Å². The lowest BCUT2D eigenvalue weighted by atomic mass is 10.2. The summed E-state index contributed by atoms with van der Waals surface area (Å²) in [6, 6.07) is 0. The summed E-state index contributed by atoms with van der Waals surface area (Å²) in [6.45, 7) is 4.07. The molecule has 2 rings (SSSR count). The zero-order valence-corrected chi connectivity index (χ0v) is 12.8. The first kappa shape index (κ1) is 14.5. The molecule has 0 atom stereocenters. The molecule has 0 radical (unpaired) electrons. The topological polar surface area (TPSA) is 66.2 Å². The van der Waals surface area contributed by atoms with E-state index in [1.165, 1.54) is 11.3 Å². The van der Waals surface area contributed by atoms with Crippen molar-refractivity contribution >= 4 is 17.3 Å². The number of hydrogen-bond acceptors (Lipinski definition) is 6. The number of carbonyl (C=O) groups excluding carboxylic acids is 1. The summed E-state index contributed by atoms with van der Waals surface area (Å²) in [6.07, 6.45) is 0.186. The number of aromatic nitrogens is 3. The van der Waals surface area contributed by atoms with Crippen LogP contribution in [0.15, 0.2) is 5.38 Å². The number of methoxy groups -OCH3 is 1. The third kappa shape index (κ3) is 2.82. The van der Waals surface area contributed by atoms with Crippen molar-refractivity contribution in [3.63, 3.8) is 0 Å². The summed E-state index contributed by atoms with van der Waals surface area (Å²) < 4.78 is 12.0. The van der Waals surface area contributed by atoms with Crippen LogP contribution < -0.4 is 4.74 Å². The van der Waals surface area contributed by atoms with E-state index < -0.39 is 0 Å². The predicted molar refractivity (Wildman–Crippen MR) is 75.9 cm³/mol. The molecular formula is C13H17N3O3S. The van der Waals surface area contributed by atoms with E-state index in [4.69, 9.17) is 9.47 Å². The zero-order valence-electron chi connectivity index (χ0n) is 12.0. The molecular weight excluding hydrogens is 278 g/mol. The summed E-state index contributed by atoms with van der Waals surface area (Å²) in [4.78, 5) is 15.9. The first-order valence-electron chi connectivity index (χ1n) is 6.24. The SMILES string of the molecule is CCOC(=O)Cc1csc(-c2c(C)nn(C)c2OC)n1. The van der Waals surface area contributed by atoms with Crippen LogP contribution in [0.5, 0.6) is 5.88 Å². The van der Waals surface area contributed by atoms with Gasteiger partial charge in [-0.1, -0.05) is 0 Å². The molecule has 0 N–H and O–H groups in total. The van der Waals surface area contributed by atoms with Crippen LogP contribution in [0.1, 0.15) is 18.3 Å². The molecule has 2 aromatic rings. The Hall–Kier alpha value is -1.89. The van der Waals surface area contributed by atoms with E-state index in [1.54, 1.807) is 18.7 Å². The highest BCUT2D eigenvalue weighted by Crippen LogP contribution is 2.34. The number of esters is 1. The molecule has 0 unspecified atom stereocenters. The number of rotatable bonds is 5. The van der Waals surface area contributed by atoms with E-state index in [2.05, 4.69) is 10.1 Å². The molecule has 0 fully saturated rings. The summed E-state index contributed by atoms with van der Waals surface area (Å²) in [5.41, 5.74) is 2.42. The van der Waals surface area contributed by atoms with Gasteiger partial charge in [-0.3, -0.25) is 4.79 Å². The second-order valence-electron chi connectivity index (χ2n) is 4.22. The lowest BCUT2D eigenvalue weighted by Crippen LogP contribution is -2.07. The number of hydrogen-bond donors (Lipinski definition) is 0. The van der Waals surface area contributed by atoms with Crippen molar-refractivity contribution in [1.29, 1.82) is 0 Å². The van der Waals surface area contributed by atoms with Crippen molar-refractivity contribution in [2.75, 3.05) is 13.7 Å². The van der Waals surface area contributed by atoms with Crippen LogP contribution in [0.25, 0.3) is 10.6 Å². The summed E-state index contributed by atoms with van der Waals surface area (Å²) in [5.74, 6) is 0.402. The van der Waals surface area contributed by atoms with Crippen LogP contribution >= 0.6 is 11.3 Å². The molecule has 0 bridgehead atoms. The second kappa shape index (κ2) is 6.04. The molecule has 7 heteroatoms. The van der Waals surface area contributed by atoms with Crippen LogP contribution in [-0.2, 0) is 23.0 Å². The molecule has 0 amide bonds. The summed E-state index contributed by atoms with van der Waals surface area (Å²) in [5, 5.41) is 6.98. The van der Waals surface area contributed by atoms with E-state index in [-0.39, 0.29) is 12.4 Å². The zero-order chi connectivity index (χ0) is 14.7. The van der Waals surface area contributed by atoms with Gasteiger partial charge in [0.05, 0.1) is 37.1 Å². The van der Waals surface area contributed by atoms with E-state index in [0.717, 1.165) is 16.3 Å². The highest BCUT2D eigenvalue weighted by Gasteiger charge is 2.19. The van der Waals surface area contributed by atoms with Gasteiger partial charge < -0.3 is 9.47 Å². The molecule has 108 valence electrons. The normalized spacial score (nSPS) is 10.6. The molecule has 2 heterocycles. The van der Waals surface area contributed by atoms with Crippen molar-refractivity contribution in [1.82, 2.24) is 14.8 Å². The van der Waals surface area contributed by atoms with E-state index in [0.29, 0.717) is 18.2 Å². The largest absolute Gasteiger partial charge is 0.481 e. The fourth-order valence-electron chi connectivity index (χ4n) is 1.98. The molecule has 0 saturated heterocycles. The van der Waals surface area contributed by atoms with E-state index >= 15 is 0 Å². The molecule has 2 aromatic heterocycles. The minimum absolute atomic E-state index is 0.186. The molecule has 0 saturated carbocycles. The Balaban J connectivity index is 2.27. The van der Waals surface area contributed by atoms with Crippen LogP contribution in [0.4, 0.5) is 0 Å². The minimum Gasteiger partial charge on any atom is -0.481 e. The monoisotopic (exact) mass is 295 g/mol. The van der Waals surface area contributed by atoms with Crippen molar-refractivity contribution in [3.8, 4) is 16.5 Å². The Morgan fingerprint density at radius 2 is 2.25 bits per heavy atom. The third-order valence-corrected chi connectivity index (χ3v) is 3.67. The maximum absolute atomic E-state index is 11.5. The Morgan fingerprint density at radius 1 is 1.50 bits per heavy atom. The van der Waals surface area contributed by atoms with Crippen LogP contribution in [-0.4, -0.2) is 34.5 Å². The number of aryl methyl sites for hydroxylation is 2. The van der Waals surface area contributed by atoms with Gasteiger partial charge in [-0.15, -0.1) is 11.3 Å². The minimum atomic E-state index is -0.265. The van der Waals surface area contributed by atoms with Gasteiger partial charge in [0.2, 0.25) is 5.88 Å². The Morgan fingerprint density at radius 3 is 2.90 bits per heavy atom. The lowest BCUT2D eigenvalue weighted by Gasteiger charge is -2.02. The Kier molecular flexibility index (Phi) is 4.39. The number of carbonyl (C=O) groups is 1. The quantitative estimate of drug-likeness (QED) is 0.789. The third-order valence-electron chi connectivity index (χ3n) is 2.76. The van der Waals surface area contributed by atoms with E-state index in [1.807, 2.05) is 19.4 Å². The second-order valence-corrected chi connectivity index (χ2v) is 5.08. The molecule has 0 aromatic carbocycles. The highest BCUT2D eigenvalue weighted by molar-refractivity contribution is 7.13. The first-order chi connectivity index (χ1) is 9.56. The molecule has 0 spiro atoms. The number of ether oxygens (including phenoxy) is 2. The van der Waals surface area contributed by atoms with Gasteiger partial charge in [-0.25, -0.2) is 9.67 Å². The van der Waals surface area contributed by atoms with Crippen molar-refractivity contribution in [3.05, 3.63) is 16.8 Å². The average Bonchev–Trinajstić information content (AvgIpc) is 2.93. The van der Waals surface area contributed by atoms with Crippen LogP contribution in [0, 0.1) is 6.92 Å². The smallest absolute Gasteiger partial charge is 0.311 e. The van der Waals surface area contributed by atoms with Gasteiger partial charge in [0.1, 0.15) is 5.01 Å². The predicted octanol–water partition coefficient (Wildman–Crippen LogP) is 1.97. The van der Waals surface area contributed by atoms with Gasteiger partial charge in [0.25, 0.3) is 0 Å². The first-order valence-corrected chi connectivity index (χ1v) is 7.12. The Bertz CT molecular complexity index is 618. The summed E-state index contributed by atoms with van der Waals surface area (Å²) in [7, 11) is 3.43. The maximum Gasteiger partial charge on any atom is 0.311 e. The highest BCUT2D eigenvalue weighted by atomic mass is 32.1. The standard InChI is InChI=1S/C13H17N3O3S/c1-5-19-10(17)6-9-7-20-12(14-9)11-8(2)15-16(3)13(11)18-4/h7H,5-6H2,1-4H3. The van der Waals surface area contributed by atoms with Crippen LogP contribution in [0.3, 0.4) is 0 Å². The van der Waals surface area contributed by atoms with Crippen molar-refractivity contribution in [2.45, 2.75) is 20.3 Å².